The normalized spacial score (nSPS) is 15.4. The molecule has 1 N–H and O–H groups in total. The van der Waals surface area contributed by atoms with Crippen molar-refractivity contribution in [3.05, 3.63) is 0 Å². The minimum absolute atomic E-state index is 0.0794. The molecule has 116 valence electrons. The number of unbranched alkanes of at least 4 members (excludes halogenated alkanes) is 1. The molecule has 0 radical (unpaired) electrons. The largest absolute Gasteiger partial charge is 0.397 e. The molecule has 0 aromatic carbocycles. The second-order valence-corrected chi connectivity index (χ2v) is 6.77. The van der Waals surface area contributed by atoms with Crippen LogP contribution in [0, 0.1) is 11.8 Å². The highest BCUT2D eigenvalue weighted by Crippen LogP contribution is 2.19. The van der Waals surface area contributed by atoms with Gasteiger partial charge >= 0.3 is 10.4 Å². The summed E-state index contributed by atoms with van der Waals surface area (Å²) < 4.78 is 33.4. The Morgan fingerprint density at radius 3 is 1.89 bits per heavy atom. The highest BCUT2D eigenvalue weighted by atomic mass is 32.3. The van der Waals surface area contributed by atoms with Crippen molar-refractivity contribution in [1.29, 1.82) is 0 Å². The zero-order valence-electron chi connectivity index (χ0n) is 12.6. The van der Waals surface area contributed by atoms with Crippen LogP contribution in [0.25, 0.3) is 0 Å². The van der Waals surface area contributed by atoms with Crippen LogP contribution in [0.4, 0.5) is 0 Å². The second kappa shape index (κ2) is 10.6. The van der Waals surface area contributed by atoms with Crippen LogP contribution < -0.4 is 0 Å². The summed E-state index contributed by atoms with van der Waals surface area (Å²) in [5.74, 6) is 1.40. The molecule has 4 nitrogen and oxygen atoms in total. The van der Waals surface area contributed by atoms with E-state index in [-0.39, 0.29) is 6.61 Å². The van der Waals surface area contributed by atoms with Crippen molar-refractivity contribution in [3.63, 3.8) is 0 Å². The molecular formula is C14H30O4S. The van der Waals surface area contributed by atoms with Crippen LogP contribution in [-0.4, -0.2) is 19.6 Å². The molecule has 0 saturated carbocycles. The van der Waals surface area contributed by atoms with Gasteiger partial charge in [-0.25, -0.2) is 4.18 Å². The Morgan fingerprint density at radius 1 is 0.947 bits per heavy atom. The molecule has 0 aromatic heterocycles. The number of rotatable bonds is 12. The molecule has 0 aliphatic heterocycles. The Bertz CT molecular complexity index is 301. The maximum atomic E-state index is 10.3. The Hall–Kier alpha value is -0.130. The standard InChI is InChI=1S/C14H30O4S/c1-4-5-8-13(2)9-6-10-14(3)11-7-12-18-19(15,16)17/h13-14H,4-12H2,1-3H3,(H,15,16,17). The Morgan fingerprint density at radius 2 is 1.42 bits per heavy atom. The molecule has 0 aliphatic carbocycles. The van der Waals surface area contributed by atoms with Gasteiger partial charge < -0.3 is 0 Å². The van der Waals surface area contributed by atoms with Crippen LogP contribution in [0.1, 0.15) is 72.1 Å². The van der Waals surface area contributed by atoms with Crippen molar-refractivity contribution in [2.45, 2.75) is 72.1 Å². The zero-order chi connectivity index (χ0) is 14.7. The zero-order valence-corrected chi connectivity index (χ0v) is 13.4. The third kappa shape index (κ3) is 14.1. The summed E-state index contributed by atoms with van der Waals surface area (Å²) in [6, 6.07) is 0. The van der Waals surface area contributed by atoms with Gasteiger partial charge in [-0.05, 0) is 24.7 Å². The van der Waals surface area contributed by atoms with Gasteiger partial charge in [0.15, 0.2) is 0 Å². The van der Waals surface area contributed by atoms with Gasteiger partial charge in [-0.3, -0.25) is 4.55 Å². The van der Waals surface area contributed by atoms with Crippen molar-refractivity contribution < 1.29 is 17.2 Å². The summed E-state index contributed by atoms with van der Waals surface area (Å²) in [5.41, 5.74) is 0. The molecule has 2 unspecified atom stereocenters. The van der Waals surface area contributed by atoms with E-state index in [0.29, 0.717) is 12.3 Å². The Labute approximate surface area is 118 Å². The monoisotopic (exact) mass is 294 g/mol. The van der Waals surface area contributed by atoms with Gasteiger partial charge in [0.05, 0.1) is 6.61 Å². The third-order valence-electron chi connectivity index (χ3n) is 3.52. The maximum absolute atomic E-state index is 10.3. The predicted molar refractivity (Wildman–Crippen MR) is 78.4 cm³/mol. The van der Waals surface area contributed by atoms with Gasteiger partial charge in [0.25, 0.3) is 0 Å². The molecule has 5 heteroatoms. The third-order valence-corrected chi connectivity index (χ3v) is 3.98. The number of hydrogen-bond acceptors (Lipinski definition) is 3. The van der Waals surface area contributed by atoms with Crippen molar-refractivity contribution in [3.8, 4) is 0 Å². The highest BCUT2D eigenvalue weighted by molar-refractivity contribution is 7.80. The van der Waals surface area contributed by atoms with Gasteiger partial charge in [-0.2, -0.15) is 8.42 Å². The fourth-order valence-corrected chi connectivity index (χ4v) is 2.58. The van der Waals surface area contributed by atoms with E-state index in [1.54, 1.807) is 0 Å². The van der Waals surface area contributed by atoms with Crippen molar-refractivity contribution in [2.75, 3.05) is 6.61 Å². The van der Waals surface area contributed by atoms with E-state index in [0.717, 1.165) is 12.3 Å². The first-order valence-electron chi connectivity index (χ1n) is 7.47. The van der Waals surface area contributed by atoms with Gasteiger partial charge in [-0.1, -0.05) is 59.3 Å². The van der Waals surface area contributed by atoms with Crippen molar-refractivity contribution >= 4 is 10.4 Å². The fourth-order valence-electron chi connectivity index (χ4n) is 2.25. The van der Waals surface area contributed by atoms with Crippen LogP contribution in [0.3, 0.4) is 0 Å². The smallest absolute Gasteiger partial charge is 0.264 e. The minimum atomic E-state index is -4.26. The molecule has 2 atom stereocenters. The van der Waals surface area contributed by atoms with Crippen molar-refractivity contribution in [2.24, 2.45) is 11.8 Å². The Kier molecular flexibility index (Phi) is 10.6. The molecule has 0 rings (SSSR count). The summed E-state index contributed by atoms with van der Waals surface area (Å²) in [5, 5.41) is 0. The van der Waals surface area contributed by atoms with E-state index >= 15 is 0 Å². The van der Waals surface area contributed by atoms with Gasteiger partial charge in [0.2, 0.25) is 0 Å². The van der Waals surface area contributed by atoms with E-state index in [1.807, 2.05) is 0 Å². The lowest BCUT2D eigenvalue weighted by atomic mass is 9.93. The van der Waals surface area contributed by atoms with E-state index in [9.17, 15) is 8.42 Å². The lowest BCUT2D eigenvalue weighted by Gasteiger charge is -2.14. The minimum Gasteiger partial charge on any atom is -0.264 e. The average molecular weight is 294 g/mol. The van der Waals surface area contributed by atoms with Gasteiger partial charge in [0, 0.05) is 0 Å². The fraction of sp³-hybridized carbons (Fsp3) is 1.00. The molecule has 0 fully saturated rings. The lowest BCUT2D eigenvalue weighted by molar-refractivity contribution is 0.254. The summed E-state index contributed by atoms with van der Waals surface area (Å²) >= 11 is 0. The average Bonchev–Trinajstić information content (AvgIpc) is 2.31. The SMILES string of the molecule is CCCCC(C)CCCC(C)CCCOS(=O)(=O)O. The molecule has 0 aromatic rings. The molecule has 0 heterocycles. The van der Waals surface area contributed by atoms with Crippen LogP contribution in [0.2, 0.25) is 0 Å². The van der Waals surface area contributed by atoms with Crippen LogP contribution in [0.15, 0.2) is 0 Å². The molecule has 0 aliphatic rings. The van der Waals surface area contributed by atoms with Gasteiger partial charge in [-0.15, -0.1) is 0 Å². The van der Waals surface area contributed by atoms with E-state index < -0.39 is 10.4 Å². The van der Waals surface area contributed by atoms with Gasteiger partial charge in [0.1, 0.15) is 0 Å². The number of hydrogen-bond donors (Lipinski definition) is 1. The lowest BCUT2D eigenvalue weighted by Crippen LogP contribution is -2.06. The molecular weight excluding hydrogens is 264 g/mol. The topological polar surface area (TPSA) is 63.6 Å². The molecule has 19 heavy (non-hydrogen) atoms. The summed E-state index contributed by atoms with van der Waals surface area (Å²) in [7, 11) is -4.26. The quantitative estimate of drug-likeness (QED) is 0.432. The predicted octanol–water partition coefficient (Wildman–Crippen LogP) is 4.22. The molecule has 0 saturated heterocycles. The molecule has 0 spiro atoms. The summed E-state index contributed by atoms with van der Waals surface area (Å²) in [6.07, 6.45) is 9.25. The van der Waals surface area contributed by atoms with Crippen LogP contribution in [0.5, 0.6) is 0 Å². The van der Waals surface area contributed by atoms with Crippen LogP contribution in [-0.2, 0) is 14.6 Å². The van der Waals surface area contributed by atoms with E-state index in [1.165, 1.54) is 38.5 Å². The summed E-state index contributed by atoms with van der Waals surface area (Å²) in [6.45, 7) is 6.81. The van der Waals surface area contributed by atoms with Crippen LogP contribution >= 0.6 is 0 Å². The first-order chi connectivity index (χ1) is 8.85. The Balaban J connectivity index is 3.46. The molecule has 0 amide bonds. The summed E-state index contributed by atoms with van der Waals surface area (Å²) in [4.78, 5) is 0. The first kappa shape index (κ1) is 18.9. The van der Waals surface area contributed by atoms with E-state index in [4.69, 9.17) is 4.55 Å². The second-order valence-electron chi connectivity index (χ2n) is 5.68. The highest BCUT2D eigenvalue weighted by Gasteiger charge is 2.07. The van der Waals surface area contributed by atoms with E-state index in [2.05, 4.69) is 25.0 Å². The molecule has 0 bridgehead atoms. The van der Waals surface area contributed by atoms with Crippen molar-refractivity contribution in [1.82, 2.24) is 0 Å². The first-order valence-corrected chi connectivity index (χ1v) is 8.83. The maximum Gasteiger partial charge on any atom is 0.397 e.